The molecule has 0 saturated carbocycles. The van der Waals surface area contributed by atoms with Crippen LogP contribution in [-0.4, -0.2) is 9.55 Å². The molecule has 2 aromatic rings. The van der Waals surface area contributed by atoms with Crippen molar-refractivity contribution in [2.45, 2.75) is 20.0 Å². The molecular formula is C13H14FN3O. The highest BCUT2D eigenvalue weighted by molar-refractivity contribution is 5.28. The molecule has 0 aliphatic carbocycles. The molecule has 0 unspecified atom stereocenters. The first-order valence-electron chi connectivity index (χ1n) is 5.60. The summed E-state index contributed by atoms with van der Waals surface area (Å²) >= 11 is 0. The highest BCUT2D eigenvalue weighted by atomic mass is 19.1. The number of aryl methyl sites for hydroxylation is 1. The number of rotatable bonds is 3. The number of nitrogens with two attached hydrogens (primary N) is 1. The highest BCUT2D eigenvalue weighted by Crippen LogP contribution is 2.12. The summed E-state index contributed by atoms with van der Waals surface area (Å²) < 4.78 is 14.7. The minimum absolute atomic E-state index is 0.276. The maximum absolute atomic E-state index is 13.2. The lowest BCUT2D eigenvalue weighted by Crippen LogP contribution is -2.23. The fourth-order valence-corrected chi connectivity index (χ4v) is 1.80. The molecule has 2 N–H and O–H groups in total. The molecule has 0 saturated heterocycles. The van der Waals surface area contributed by atoms with E-state index in [9.17, 15) is 9.18 Å². The number of halogens is 1. The van der Waals surface area contributed by atoms with Crippen LogP contribution in [0.4, 0.5) is 4.39 Å². The largest absolute Gasteiger partial charge is 0.347 e. The second-order valence-corrected chi connectivity index (χ2v) is 4.16. The zero-order chi connectivity index (χ0) is 13.1. The Morgan fingerprint density at radius 2 is 2.17 bits per heavy atom. The molecule has 0 spiro atoms. The summed E-state index contributed by atoms with van der Waals surface area (Å²) in [6.07, 6.45) is 3.20. The van der Waals surface area contributed by atoms with Crippen LogP contribution in [0.1, 0.15) is 16.7 Å². The molecule has 0 aliphatic rings. The van der Waals surface area contributed by atoms with E-state index in [-0.39, 0.29) is 18.1 Å². The Balaban J connectivity index is 2.42. The van der Waals surface area contributed by atoms with Gasteiger partial charge in [-0.25, -0.2) is 14.2 Å². The molecule has 0 aliphatic heterocycles. The fourth-order valence-electron chi connectivity index (χ4n) is 1.80. The van der Waals surface area contributed by atoms with E-state index in [1.165, 1.54) is 22.9 Å². The Hall–Kier alpha value is -2.01. The van der Waals surface area contributed by atoms with Crippen molar-refractivity contribution in [3.8, 4) is 0 Å². The molecule has 1 aromatic carbocycles. The summed E-state index contributed by atoms with van der Waals surface area (Å²) in [6, 6.07) is 4.40. The average molecular weight is 247 g/mol. The zero-order valence-electron chi connectivity index (χ0n) is 10.1. The quantitative estimate of drug-likeness (QED) is 0.886. The fraction of sp³-hybridized carbons (Fsp3) is 0.231. The maximum atomic E-state index is 13.2. The summed E-state index contributed by atoms with van der Waals surface area (Å²) in [7, 11) is 0. The van der Waals surface area contributed by atoms with E-state index in [1.807, 2.05) is 6.92 Å². The van der Waals surface area contributed by atoms with Gasteiger partial charge >= 0.3 is 5.69 Å². The van der Waals surface area contributed by atoms with Crippen molar-refractivity contribution in [1.29, 1.82) is 0 Å². The Kier molecular flexibility index (Phi) is 3.53. The van der Waals surface area contributed by atoms with Crippen molar-refractivity contribution >= 4 is 0 Å². The first-order valence-corrected chi connectivity index (χ1v) is 5.60. The van der Waals surface area contributed by atoms with Gasteiger partial charge in [0.05, 0.1) is 6.54 Å². The van der Waals surface area contributed by atoms with Gasteiger partial charge in [-0.3, -0.25) is 4.57 Å². The van der Waals surface area contributed by atoms with E-state index in [4.69, 9.17) is 5.73 Å². The third kappa shape index (κ3) is 2.62. The van der Waals surface area contributed by atoms with Crippen molar-refractivity contribution in [2.75, 3.05) is 0 Å². The van der Waals surface area contributed by atoms with Gasteiger partial charge in [0.1, 0.15) is 5.82 Å². The van der Waals surface area contributed by atoms with Crippen molar-refractivity contribution in [1.82, 2.24) is 9.55 Å². The molecule has 0 bridgehead atoms. The highest BCUT2D eigenvalue weighted by Gasteiger charge is 2.05. The monoisotopic (exact) mass is 247 g/mol. The minimum atomic E-state index is -0.354. The third-order valence-electron chi connectivity index (χ3n) is 2.71. The van der Waals surface area contributed by atoms with Gasteiger partial charge in [-0.15, -0.1) is 0 Å². The van der Waals surface area contributed by atoms with Crippen LogP contribution in [0.25, 0.3) is 0 Å². The second kappa shape index (κ2) is 5.10. The van der Waals surface area contributed by atoms with Crippen LogP contribution < -0.4 is 11.4 Å². The second-order valence-electron chi connectivity index (χ2n) is 4.16. The SMILES string of the molecule is Cc1cnc(=O)n(Cc2cc(F)ccc2CN)c1. The Morgan fingerprint density at radius 3 is 2.89 bits per heavy atom. The van der Waals surface area contributed by atoms with Crippen LogP contribution in [-0.2, 0) is 13.1 Å². The maximum Gasteiger partial charge on any atom is 0.347 e. The molecule has 1 heterocycles. The Labute approximate surface area is 104 Å². The normalized spacial score (nSPS) is 10.6. The van der Waals surface area contributed by atoms with E-state index in [0.29, 0.717) is 12.1 Å². The summed E-state index contributed by atoms with van der Waals surface area (Å²) in [5.41, 5.74) is 7.64. The van der Waals surface area contributed by atoms with Gasteiger partial charge in [0.15, 0.2) is 0 Å². The van der Waals surface area contributed by atoms with E-state index in [0.717, 1.165) is 11.1 Å². The standard InChI is InChI=1S/C13H14FN3O/c1-9-6-16-13(18)17(7-9)8-11-4-12(14)3-2-10(11)5-15/h2-4,6-7H,5,8,15H2,1H3. The lowest BCUT2D eigenvalue weighted by atomic mass is 10.1. The van der Waals surface area contributed by atoms with Gasteiger partial charge in [-0.05, 0) is 35.7 Å². The topological polar surface area (TPSA) is 60.9 Å². The Morgan fingerprint density at radius 1 is 1.39 bits per heavy atom. The molecule has 1 aromatic heterocycles. The number of nitrogens with zero attached hydrogens (tertiary/aromatic N) is 2. The molecule has 0 radical (unpaired) electrons. The molecule has 2 rings (SSSR count). The summed E-state index contributed by atoms with van der Waals surface area (Å²) in [5.74, 6) is -0.337. The first-order chi connectivity index (χ1) is 8.60. The van der Waals surface area contributed by atoms with E-state index in [1.54, 1.807) is 12.3 Å². The third-order valence-corrected chi connectivity index (χ3v) is 2.71. The van der Waals surface area contributed by atoms with Crippen LogP contribution in [0.3, 0.4) is 0 Å². The molecular weight excluding hydrogens is 233 g/mol. The lowest BCUT2D eigenvalue weighted by Gasteiger charge is -2.10. The predicted octanol–water partition coefficient (Wildman–Crippen LogP) is 1.20. The van der Waals surface area contributed by atoms with Crippen LogP contribution in [0.5, 0.6) is 0 Å². The summed E-state index contributed by atoms with van der Waals surface area (Å²) in [5, 5.41) is 0. The van der Waals surface area contributed by atoms with Crippen LogP contribution in [0.15, 0.2) is 35.4 Å². The van der Waals surface area contributed by atoms with Gasteiger partial charge < -0.3 is 5.73 Å². The average Bonchev–Trinajstić information content (AvgIpc) is 2.34. The first kappa shape index (κ1) is 12.4. The van der Waals surface area contributed by atoms with E-state index in [2.05, 4.69) is 4.98 Å². The van der Waals surface area contributed by atoms with E-state index < -0.39 is 0 Å². The van der Waals surface area contributed by atoms with Gasteiger partial charge in [-0.1, -0.05) is 6.07 Å². The van der Waals surface area contributed by atoms with Gasteiger partial charge in [0.25, 0.3) is 0 Å². The van der Waals surface area contributed by atoms with Crippen molar-refractivity contribution < 1.29 is 4.39 Å². The van der Waals surface area contributed by atoms with Gasteiger partial charge in [-0.2, -0.15) is 0 Å². The summed E-state index contributed by atoms with van der Waals surface area (Å²) in [4.78, 5) is 15.3. The molecule has 0 atom stereocenters. The van der Waals surface area contributed by atoms with Gasteiger partial charge in [0, 0.05) is 18.9 Å². The molecule has 5 heteroatoms. The molecule has 18 heavy (non-hydrogen) atoms. The van der Waals surface area contributed by atoms with Crippen LogP contribution in [0, 0.1) is 12.7 Å². The molecule has 0 fully saturated rings. The van der Waals surface area contributed by atoms with Crippen molar-refractivity contribution in [2.24, 2.45) is 5.73 Å². The van der Waals surface area contributed by atoms with Crippen LogP contribution >= 0.6 is 0 Å². The van der Waals surface area contributed by atoms with Crippen molar-refractivity contribution in [3.05, 3.63) is 63.6 Å². The number of hydrogen-bond donors (Lipinski definition) is 1. The van der Waals surface area contributed by atoms with E-state index >= 15 is 0 Å². The van der Waals surface area contributed by atoms with Crippen molar-refractivity contribution in [3.63, 3.8) is 0 Å². The molecule has 4 nitrogen and oxygen atoms in total. The lowest BCUT2D eigenvalue weighted by molar-refractivity contribution is 0.619. The number of aromatic nitrogens is 2. The minimum Gasteiger partial charge on any atom is -0.326 e. The number of hydrogen-bond acceptors (Lipinski definition) is 3. The Bertz CT molecular complexity index is 622. The molecule has 0 amide bonds. The number of benzene rings is 1. The smallest absolute Gasteiger partial charge is 0.326 e. The summed E-state index contributed by atoms with van der Waals surface area (Å²) in [6.45, 7) is 2.43. The van der Waals surface area contributed by atoms with Crippen LogP contribution in [0.2, 0.25) is 0 Å². The zero-order valence-corrected chi connectivity index (χ0v) is 10.1. The van der Waals surface area contributed by atoms with Gasteiger partial charge in [0.2, 0.25) is 0 Å². The molecule has 94 valence electrons. The predicted molar refractivity (Wildman–Crippen MR) is 66.6 cm³/mol.